The van der Waals surface area contributed by atoms with Gasteiger partial charge in [0.1, 0.15) is 6.04 Å². The van der Waals surface area contributed by atoms with Crippen molar-refractivity contribution in [3.05, 3.63) is 0 Å². The van der Waals surface area contributed by atoms with Crippen molar-refractivity contribution in [3.8, 4) is 0 Å². The van der Waals surface area contributed by atoms with Gasteiger partial charge < -0.3 is 26.4 Å². The van der Waals surface area contributed by atoms with Gasteiger partial charge in [-0.3, -0.25) is 9.59 Å². The van der Waals surface area contributed by atoms with Crippen molar-refractivity contribution >= 4 is 11.9 Å². The molecule has 0 aliphatic rings. The van der Waals surface area contributed by atoms with E-state index in [1.807, 2.05) is 0 Å². The predicted molar refractivity (Wildman–Crippen MR) is 51.4 cm³/mol. The number of nitrogens with one attached hydrogen (secondary N) is 1. The molecule has 88 valence electrons. The molecule has 0 amide bonds. The molecule has 0 aromatic carbocycles. The van der Waals surface area contributed by atoms with Crippen LogP contribution in [0, 0.1) is 0 Å². The maximum absolute atomic E-state index is 10.3. The highest BCUT2D eigenvalue weighted by Crippen LogP contribution is 1.99. The molecule has 0 aromatic rings. The van der Waals surface area contributed by atoms with E-state index in [1.165, 1.54) is 0 Å². The van der Waals surface area contributed by atoms with E-state index < -0.39 is 24.1 Å². The largest absolute Gasteiger partial charge is 0.480 e. The Kier molecular flexibility index (Phi) is 6.59. The number of carbonyl (C=O) groups is 2. The zero-order chi connectivity index (χ0) is 11.8. The number of carboxylic acid groups (broad SMARTS) is 2. The van der Waals surface area contributed by atoms with E-state index >= 15 is 0 Å². The SMILES string of the molecule is N[C@@H](CCC(O)CNCC(=O)O)C(=O)O. The lowest BCUT2D eigenvalue weighted by atomic mass is 10.1. The topological polar surface area (TPSA) is 133 Å². The van der Waals surface area contributed by atoms with Gasteiger partial charge >= 0.3 is 11.9 Å². The molecular weight excluding hydrogens is 204 g/mol. The van der Waals surface area contributed by atoms with E-state index in [9.17, 15) is 14.7 Å². The number of rotatable bonds is 8. The first kappa shape index (κ1) is 13.8. The summed E-state index contributed by atoms with van der Waals surface area (Å²) in [7, 11) is 0. The molecule has 7 heteroatoms. The predicted octanol–water partition coefficient (Wildman–Crippen LogP) is -1.79. The van der Waals surface area contributed by atoms with E-state index in [0.29, 0.717) is 0 Å². The van der Waals surface area contributed by atoms with Crippen LogP contribution in [-0.4, -0.2) is 52.5 Å². The Hall–Kier alpha value is -1.18. The second-order valence-corrected chi connectivity index (χ2v) is 3.20. The van der Waals surface area contributed by atoms with Crippen LogP contribution < -0.4 is 11.1 Å². The first-order chi connectivity index (χ1) is 6.93. The second-order valence-electron chi connectivity index (χ2n) is 3.20. The summed E-state index contributed by atoms with van der Waals surface area (Å²) >= 11 is 0. The molecule has 0 heterocycles. The average Bonchev–Trinajstić information content (AvgIpc) is 2.13. The van der Waals surface area contributed by atoms with Gasteiger partial charge in [-0.25, -0.2) is 0 Å². The Morgan fingerprint density at radius 3 is 2.33 bits per heavy atom. The van der Waals surface area contributed by atoms with Gasteiger partial charge in [-0.2, -0.15) is 0 Å². The highest BCUT2D eigenvalue weighted by molar-refractivity contribution is 5.72. The lowest BCUT2D eigenvalue weighted by Crippen LogP contribution is -2.34. The number of hydrogen-bond acceptors (Lipinski definition) is 5. The molecule has 0 spiro atoms. The highest BCUT2D eigenvalue weighted by Gasteiger charge is 2.13. The lowest BCUT2D eigenvalue weighted by molar-refractivity contribution is -0.139. The molecule has 0 aliphatic carbocycles. The van der Waals surface area contributed by atoms with Gasteiger partial charge in [0.2, 0.25) is 0 Å². The van der Waals surface area contributed by atoms with Crippen LogP contribution in [-0.2, 0) is 9.59 Å². The van der Waals surface area contributed by atoms with Crippen molar-refractivity contribution < 1.29 is 24.9 Å². The number of carboxylic acids is 2. The standard InChI is InChI=1S/C8H16N2O5/c9-6(8(14)15)2-1-5(11)3-10-4-7(12)13/h5-6,10-11H,1-4,9H2,(H,12,13)(H,14,15)/t5?,6-/m0/s1. The molecule has 0 aliphatic heterocycles. The smallest absolute Gasteiger partial charge is 0.320 e. The lowest BCUT2D eigenvalue weighted by Gasteiger charge is -2.12. The van der Waals surface area contributed by atoms with Gasteiger partial charge in [-0.1, -0.05) is 0 Å². The summed E-state index contributed by atoms with van der Waals surface area (Å²) in [6.45, 7) is -0.124. The summed E-state index contributed by atoms with van der Waals surface area (Å²) in [5, 5.41) is 28.5. The molecule has 7 nitrogen and oxygen atoms in total. The Balaban J connectivity index is 3.52. The molecule has 2 atom stereocenters. The number of aliphatic hydroxyl groups is 1. The summed E-state index contributed by atoms with van der Waals surface area (Å²) in [5.41, 5.74) is 5.22. The minimum absolute atomic E-state index is 0.110. The van der Waals surface area contributed by atoms with Gasteiger partial charge in [-0.05, 0) is 12.8 Å². The Morgan fingerprint density at radius 2 is 1.87 bits per heavy atom. The summed E-state index contributed by atoms with van der Waals surface area (Å²) < 4.78 is 0. The molecular formula is C8H16N2O5. The summed E-state index contributed by atoms with van der Waals surface area (Å²) in [4.78, 5) is 20.4. The fraction of sp³-hybridized carbons (Fsp3) is 0.750. The number of aliphatic hydroxyl groups excluding tert-OH is 1. The zero-order valence-corrected chi connectivity index (χ0v) is 8.22. The summed E-state index contributed by atoms with van der Waals surface area (Å²) in [5.74, 6) is -2.12. The van der Waals surface area contributed by atoms with Crippen molar-refractivity contribution in [2.75, 3.05) is 13.1 Å². The average molecular weight is 220 g/mol. The fourth-order valence-electron chi connectivity index (χ4n) is 0.943. The quantitative estimate of drug-likeness (QED) is 0.326. The third-order valence-corrected chi connectivity index (χ3v) is 1.78. The van der Waals surface area contributed by atoms with Crippen LogP contribution >= 0.6 is 0 Å². The molecule has 0 rings (SSSR count). The fourth-order valence-corrected chi connectivity index (χ4v) is 0.943. The Labute approximate surface area is 86.9 Å². The molecule has 6 N–H and O–H groups in total. The third kappa shape index (κ3) is 7.86. The maximum atomic E-state index is 10.3. The van der Waals surface area contributed by atoms with Crippen LogP contribution in [0.25, 0.3) is 0 Å². The van der Waals surface area contributed by atoms with E-state index in [0.717, 1.165) is 0 Å². The second kappa shape index (κ2) is 7.16. The van der Waals surface area contributed by atoms with Crippen molar-refractivity contribution in [3.63, 3.8) is 0 Å². The molecule has 0 saturated carbocycles. The van der Waals surface area contributed by atoms with Crippen LogP contribution in [0.15, 0.2) is 0 Å². The molecule has 0 bridgehead atoms. The van der Waals surface area contributed by atoms with E-state index in [2.05, 4.69) is 5.32 Å². The molecule has 1 unspecified atom stereocenters. The van der Waals surface area contributed by atoms with E-state index in [-0.39, 0.29) is 25.9 Å². The first-order valence-electron chi connectivity index (χ1n) is 4.52. The minimum Gasteiger partial charge on any atom is -0.480 e. The first-order valence-corrected chi connectivity index (χ1v) is 4.52. The third-order valence-electron chi connectivity index (χ3n) is 1.78. The van der Waals surface area contributed by atoms with Crippen molar-refractivity contribution in [2.45, 2.75) is 25.0 Å². The van der Waals surface area contributed by atoms with Gasteiger partial charge in [0.15, 0.2) is 0 Å². The maximum Gasteiger partial charge on any atom is 0.320 e. The summed E-state index contributed by atoms with van der Waals surface area (Å²) in [6, 6.07) is -0.987. The molecule has 0 radical (unpaired) electrons. The monoisotopic (exact) mass is 220 g/mol. The number of hydrogen-bond donors (Lipinski definition) is 5. The van der Waals surface area contributed by atoms with Crippen LogP contribution in [0.1, 0.15) is 12.8 Å². The number of nitrogens with two attached hydrogens (primary N) is 1. The number of aliphatic carboxylic acids is 2. The van der Waals surface area contributed by atoms with Gasteiger partial charge in [0, 0.05) is 6.54 Å². The van der Waals surface area contributed by atoms with Crippen LogP contribution in [0.3, 0.4) is 0 Å². The van der Waals surface area contributed by atoms with Crippen molar-refractivity contribution in [2.24, 2.45) is 5.73 Å². The van der Waals surface area contributed by atoms with Crippen LogP contribution in [0.4, 0.5) is 0 Å². The van der Waals surface area contributed by atoms with Crippen LogP contribution in [0.2, 0.25) is 0 Å². The minimum atomic E-state index is -1.11. The molecule has 15 heavy (non-hydrogen) atoms. The molecule has 0 aromatic heterocycles. The molecule has 0 saturated heterocycles. The van der Waals surface area contributed by atoms with E-state index in [1.54, 1.807) is 0 Å². The van der Waals surface area contributed by atoms with Gasteiger partial charge in [0.05, 0.1) is 12.6 Å². The summed E-state index contributed by atoms with van der Waals surface area (Å²) in [6.07, 6.45) is -0.402. The highest BCUT2D eigenvalue weighted by atomic mass is 16.4. The van der Waals surface area contributed by atoms with Crippen molar-refractivity contribution in [1.29, 1.82) is 0 Å². The van der Waals surface area contributed by atoms with Crippen molar-refractivity contribution in [1.82, 2.24) is 5.32 Å². The Morgan fingerprint density at radius 1 is 1.27 bits per heavy atom. The van der Waals surface area contributed by atoms with Crippen LogP contribution in [0.5, 0.6) is 0 Å². The van der Waals surface area contributed by atoms with E-state index in [4.69, 9.17) is 15.9 Å². The zero-order valence-electron chi connectivity index (χ0n) is 8.22. The molecule has 0 fully saturated rings. The normalized spacial score (nSPS) is 14.5. The van der Waals surface area contributed by atoms with Gasteiger partial charge in [-0.15, -0.1) is 0 Å². The van der Waals surface area contributed by atoms with Gasteiger partial charge in [0.25, 0.3) is 0 Å². The Bertz CT molecular complexity index is 221.